The van der Waals surface area contributed by atoms with E-state index in [0.717, 1.165) is 18.5 Å². The van der Waals surface area contributed by atoms with E-state index in [1.165, 1.54) is 35.2 Å². The number of halogens is 4. The van der Waals surface area contributed by atoms with Crippen molar-refractivity contribution < 1.29 is 22.3 Å². The number of anilines is 3. The van der Waals surface area contributed by atoms with Crippen molar-refractivity contribution in [3.63, 3.8) is 0 Å². The fraction of sp³-hybridized carbons (Fsp3) is 0.0526. The lowest BCUT2D eigenvalue weighted by Crippen LogP contribution is -2.13. The summed E-state index contributed by atoms with van der Waals surface area (Å²) in [6.45, 7) is 3.52. The number of benzene rings is 1. The molecule has 0 aliphatic heterocycles. The van der Waals surface area contributed by atoms with Crippen LogP contribution in [0.25, 0.3) is 11.7 Å². The zero-order chi connectivity index (χ0) is 22.2. The van der Waals surface area contributed by atoms with Gasteiger partial charge in [0.25, 0.3) is 0 Å². The molecule has 3 heterocycles. The Morgan fingerprint density at radius 3 is 2.68 bits per heavy atom. The summed E-state index contributed by atoms with van der Waals surface area (Å²) in [5.41, 5.74) is 4.37. The number of nitrogens with zero attached hydrogens (tertiary/aromatic N) is 5. The van der Waals surface area contributed by atoms with E-state index in [9.17, 15) is 17.6 Å². The topological polar surface area (TPSA) is 103 Å². The summed E-state index contributed by atoms with van der Waals surface area (Å²) in [5, 5.41) is 6.35. The van der Waals surface area contributed by atoms with E-state index in [1.54, 1.807) is 0 Å². The summed E-state index contributed by atoms with van der Waals surface area (Å²) in [6, 6.07) is 4.83. The Morgan fingerprint density at radius 2 is 1.94 bits per heavy atom. The maximum atomic E-state index is 14.9. The second kappa shape index (κ2) is 7.55. The summed E-state index contributed by atoms with van der Waals surface area (Å²) in [6.07, 6.45) is 0.141. The molecule has 3 N–H and O–H groups in total. The van der Waals surface area contributed by atoms with E-state index in [0.29, 0.717) is 5.65 Å². The molecule has 0 unspecified atom stereocenters. The first-order valence-electron chi connectivity index (χ1n) is 8.65. The molecule has 0 atom stereocenters. The molecular weight excluding hydrogens is 418 g/mol. The number of fused-ring (bicyclic) bond motifs is 1. The quantitative estimate of drug-likeness (QED) is 0.450. The molecule has 0 aliphatic rings. The average molecular weight is 431 g/mol. The molecule has 0 spiro atoms. The molecule has 31 heavy (non-hydrogen) atoms. The van der Waals surface area contributed by atoms with Gasteiger partial charge < -0.3 is 15.8 Å². The lowest BCUT2D eigenvalue weighted by molar-refractivity contribution is -0.140. The largest absolute Gasteiger partial charge is 0.456 e. The van der Waals surface area contributed by atoms with Crippen LogP contribution in [0, 0.1) is 5.82 Å². The van der Waals surface area contributed by atoms with E-state index < -0.39 is 29.0 Å². The predicted octanol–water partition coefficient (Wildman–Crippen LogP) is 4.44. The van der Waals surface area contributed by atoms with Crippen LogP contribution in [0.3, 0.4) is 0 Å². The molecule has 0 radical (unpaired) electrons. The van der Waals surface area contributed by atoms with Crippen LogP contribution in [-0.2, 0) is 6.18 Å². The number of rotatable bonds is 5. The van der Waals surface area contributed by atoms with Gasteiger partial charge in [-0.2, -0.15) is 18.3 Å². The van der Waals surface area contributed by atoms with Crippen LogP contribution in [0.2, 0.25) is 0 Å². The van der Waals surface area contributed by atoms with Crippen LogP contribution in [0.15, 0.2) is 49.7 Å². The van der Waals surface area contributed by atoms with E-state index in [-0.39, 0.29) is 22.9 Å². The molecule has 0 saturated heterocycles. The number of nitrogen functional groups attached to an aromatic ring is 1. The molecule has 1 aromatic carbocycles. The summed E-state index contributed by atoms with van der Waals surface area (Å²) in [5.74, 6) is -2.33. The molecule has 0 amide bonds. The minimum absolute atomic E-state index is 0.00685. The Bertz CT molecular complexity index is 1290. The van der Waals surface area contributed by atoms with Gasteiger partial charge in [-0.25, -0.2) is 23.9 Å². The zero-order valence-electron chi connectivity index (χ0n) is 15.6. The van der Waals surface area contributed by atoms with Crippen LogP contribution in [-0.4, -0.2) is 24.6 Å². The number of alkyl halides is 3. The lowest BCUT2D eigenvalue weighted by atomic mass is 10.1. The highest BCUT2D eigenvalue weighted by Gasteiger charge is 2.39. The van der Waals surface area contributed by atoms with Crippen LogP contribution < -0.4 is 15.8 Å². The van der Waals surface area contributed by atoms with E-state index in [1.807, 2.05) is 0 Å². The number of nitrogens with one attached hydrogen (secondary N) is 1. The van der Waals surface area contributed by atoms with Gasteiger partial charge in [0.15, 0.2) is 17.3 Å². The summed E-state index contributed by atoms with van der Waals surface area (Å²) < 4.78 is 62.7. The average Bonchev–Trinajstić information content (AvgIpc) is 3.18. The van der Waals surface area contributed by atoms with Gasteiger partial charge in [-0.1, -0.05) is 6.58 Å². The van der Waals surface area contributed by atoms with E-state index in [2.05, 4.69) is 31.9 Å². The second-order valence-corrected chi connectivity index (χ2v) is 6.18. The van der Waals surface area contributed by atoms with Gasteiger partial charge in [0, 0.05) is 12.3 Å². The smallest absolute Gasteiger partial charge is 0.422 e. The zero-order valence-corrected chi connectivity index (χ0v) is 15.6. The third-order valence-electron chi connectivity index (χ3n) is 4.23. The third-order valence-corrected chi connectivity index (χ3v) is 4.23. The van der Waals surface area contributed by atoms with Gasteiger partial charge in [0.1, 0.15) is 35.4 Å². The van der Waals surface area contributed by atoms with Crippen molar-refractivity contribution in [1.82, 2.24) is 24.6 Å². The summed E-state index contributed by atoms with van der Waals surface area (Å²) >= 11 is 0. The molecular formula is C19H13F4N7O. The molecule has 0 bridgehead atoms. The molecule has 3 aromatic heterocycles. The number of aromatic nitrogens is 5. The van der Waals surface area contributed by atoms with Crippen LogP contribution in [0.5, 0.6) is 11.5 Å². The van der Waals surface area contributed by atoms with Gasteiger partial charge in [0.05, 0.1) is 11.4 Å². The van der Waals surface area contributed by atoms with Crippen molar-refractivity contribution in [3.8, 4) is 11.5 Å². The van der Waals surface area contributed by atoms with Gasteiger partial charge in [0.2, 0.25) is 0 Å². The molecule has 0 aliphatic carbocycles. The Balaban J connectivity index is 1.74. The van der Waals surface area contributed by atoms with Crippen LogP contribution in [0.4, 0.5) is 34.8 Å². The molecule has 12 heteroatoms. The monoisotopic (exact) mass is 431 g/mol. The van der Waals surface area contributed by atoms with Crippen molar-refractivity contribution in [1.29, 1.82) is 0 Å². The fourth-order valence-electron chi connectivity index (χ4n) is 2.79. The second-order valence-electron chi connectivity index (χ2n) is 6.18. The highest BCUT2D eigenvalue weighted by Crippen LogP contribution is 2.43. The molecule has 0 saturated carbocycles. The van der Waals surface area contributed by atoms with Gasteiger partial charge >= 0.3 is 6.18 Å². The normalized spacial score (nSPS) is 11.5. The standard InChI is InChI=1S/C19H13F4N7O/c1-2-11-17(24)18(27-8-25-11)29-12-3-4-13(15(16(12)20)19(21,22)23)31-10-5-6-30-14(7-10)26-9-28-30/h2-9H,1,24H2,(H,25,27,29). The van der Waals surface area contributed by atoms with Gasteiger partial charge in [-0.15, -0.1) is 0 Å². The first-order valence-corrected chi connectivity index (χ1v) is 8.65. The SMILES string of the molecule is C=Cc1ncnc(Nc2ccc(Oc3ccn4ncnc4c3)c(C(F)(F)F)c2F)c1N. The van der Waals surface area contributed by atoms with Crippen molar-refractivity contribution in [3.05, 3.63) is 66.8 Å². The van der Waals surface area contributed by atoms with Crippen LogP contribution >= 0.6 is 0 Å². The molecule has 4 rings (SSSR count). The highest BCUT2D eigenvalue weighted by molar-refractivity contribution is 5.75. The van der Waals surface area contributed by atoms with E-state index >= 15 is 0 Å². The summed E-state index contributed by atoms with van der Waals surface area (Å²) in [7, 11) is 0. The van der Waals surface area contributed by atoms with Gasteiger partial charge in [-0.3, -0.25) is 0 Å². The van der Waals surface area contributed by atoms with Crippen molar-refractivity contribution in [2.24, 2.45) is 0 Å². The predicted molar refractivity (Wildman–Crippen MR) is 104 cm³/mol. The fourth-order valence-corrected chi connectivity index (χ4v) is 2.79. The minimum Gasteiger partial charge on any atom is -0.456 e. The van der Waals surface area contributed by atoms with Gasteiger partial charge in [-0.05, 0) is 24.3 Å². The maximum absolute atomic E-state index is 14.9. The summed E-state index contributed by atoms with van der Waals surface area (Å²) in [4.78, 5) is 11.6. The Kier molecular flexibility index (Phi) is 4.89. The Labute approximate surface area is 172 Å². The molecule has 4 aromatic rings. The maximum Gasteiger partial charge on any atom is 0.422 e. The first-order chi connectivity index (χ1) is 14.8. The van der Waals surface area contributed by atoms with Crippen molar-refractivity contribution in [2.45, 2.75) is 6.18 Å². The number of hydrogen-bond acceptors (Lipinski definition) is 7. The highest BCUT2D eigenvalue weighted by atomic mass is 19.4. The minimum atomic E-state index is -5.04. The first kappa shape index (κ1) is 20.1. The van der Waals surface area contributed by atoms with Crippen molar-refractivity contribution in [2.75, 3.05) is 11.1 Å². The van der Waals surface area contributed by atoms with E-state index in [4.69, 9.17) is 10.5 Å². The third kappa shape index (κ3) is 3.82. The molecule has 0 fully saturated rings. The van der Waals surface area contributed by atoms with Crippen molar-refractivity contribution >= 4 is 28.9 Å². The molecule has 158 valence electrons. The van der Waals surface area contributed by atoms with Crippen LogP contribution in [0.1, 0.15) is 11.3 Å². The lowest BCUT2D eigenvalue weighted by Gasteiger charge is -2.18. The molecule has 8 nitrogen and oxygen atoms in total. The Hall–Kier alpha value is -4.22. The number of ether oxygens (including phenoxy) is 1. The Morgan fingerprint density at radius 1 is 1.13 bits per heavy atom. The number of hydrogen-bond donors (Lipinski definition) is 2. The number of pyridine rings is 1. The number of nitrogens with two attached hydrogens (primary N) is 1.